The molecule has 1 aromatic carbocycles. The molecule has 0 unspecified atom stereocenters. The number of carbonyl (C=O) groups excluding carboxylic acids is 1. The largest absolute Gasteiger partial charge is 0.468 e. The quantitative estimate of drug-likeness (QED) is 0.919. The van der Waals surface area contributed by atoms with E-state index in [9.17, 15) is 4.79 Å². The lowest BCUT2D eigenvalue weighted by atomic mass is 10.0. The molecule has 23 heavy (non-hydrogen) atoms. The van der Waals surface area contributed by atoms with Crippen LogP contribution in [0.4, 0.5) is 0 Å². The van der Waals surface area contributed by atoms with Crippen LogP contribution in [0.25, 0.3) is 0 Å². The molecule has 1 aromatic heterocycles. The molecule has 1 fully saturated rings. The van der Waals surface area contributed by atoms with E-state index in [-0.39, 0.29) is 11.9 Å². The fourth-order valence-electron chi connectivity index (χ4n) is 3.21. The lowest BCUT2D eigenvalue weighted by molar-refractivity contribution is 0.0933. The van der Waals surface area contributed by atoms with Gasteiger partial charge >= 0.3 is 0 Å². The van der Waals surface area contributed by atoms with Gasteiger partial charge in [-0.15, -0.1) is 0 Å². The number of aryl methyl sites for hydroxylation is 2. The third-order valence-electron chi connectivity index (χ3n) is 4.55. The maximum absolute atomic E-state index is 12.5. The number of nitrogens with zero attached hydrogens (tertiary/aromatic N) is 1. The van der Waals surface area contributed by atoms with Crippen molar-refractivity contribution in [1.82, 2.24) is 10.2 Å². The van der Waals surface area contributed by atoms with Gasteiger partial charge in [0.1, 0.15) is 5.76 Å². The summed E-state index contributed by atoms with van der Waals surface area (Å²) >= 11 is 0. The summed E-state index contributed by atoms with van der Waals surface area (Å²) in [5.41, 5.74) is 2.86. The molecule has 1 aliphatic rings. The minimum Gasteiger partial charge on any atom is -0.468 e. The molecule has 1 atom stereocenters. The smallest absolute Gasteiger partial charge is 0.251 e. The summed E-state index contributed by atoms with van der Waals surface area (Å²) in [6, 6.07) is 9.98. The molecule has 2 heterocycles. The van der Waals surface area contributed by atoms with Gasteiger partial charge in [-0.05, 0) is 63.5 Å². The van der Waals surface area contributed by atoms with Crippen LogP contribution < -0.4 is 5.32 Å². The van der Waals surface area contributed by atoms with Crippen LogP contribution in [0.15, 0.2) is 41.0 Å². The van der Waals surface area contributed by atoms with Gasteiger partial charge in [0.15, 0.2) is 0 Å². The molecule has 1 N–H and O–H groups in total. The van der Waals surface area contributed by atoms with Crippen LogP contribution in [0.1, 0.15) is 46.1 Å². The number of amides is 1. The van der Waals surface area contributed by atoms with E-state index in [1.54, 1.807) is 6.26 Å². The Balaban J connectivity index is 1.71. The zero-order valence-electron chi connectivity index (χ0n) is 13.8. The molecule has 3 rings (SSSR count). The Morgan fingerprint density at radius 1 is 1.26 bits per heavy atom. The molecule has 4 nitrogen and oxygen atoms in total. The summed E-state index contributed by atoms with van der Waals surface area (Å²) in [6.07, 6.45) is 4.12. The predicted molar refractivity (Wildman–Crippen MR) is 90.5 cm³/mol. The first-order valence-electron chi connectivity index (χ1n) is 8.28. The third kappa shape index (κ3) is 3.64. The number of nitrogens with one attached hydrogen (secondary N) is 1. The van der Waals surface area contributed by atoms with Gasteiger partial charge in [0, 0.05) is 12.1 Å². The van der Waals surface area contributed by atoms with Crippen molar-refractivity contribution in [3.63, 3.8) is 0 Å². The van der Waals surface area contributed by atoms with E-state index >= 15 is 0 Å². The monoisotopic (exact) mass is 312 g/mol. The summed E-state index contributed by atoms with van der Waals surface area (Å²) < 4.78 is 5.60. The van der Waals surface area contributed by atoms with Crippen LogP contribution >= 0.6 is 0 Å². The van der Waals surface area contributed by atoms with Crippen LogP contribution in [-0.2, 0) is 0 Å². The Hall–Kier alpha value is -2.07. The zero-order chi connectivity index (χ0) is 16.2. The molecule has 1 amide bonds. The van der Waals surface area contributed by atoms with Gasteiger partial charge in [-0.25, -0.2) is 0 Å². The number of furan rings is 1. The Morgan fingerprint density at radius 2 is 2.04 bits per heavy atom. The molecule has 0 aliphatic carbocycles. The number of hydrogen-bond donors (Lipinski definition) is 1. The minimum atomic E-state index is -0.0121. The molecule has 0 bridgehead atoms. The molecule has 1 aliphatic heterocycles. The summed E-state index contributed by atoms with van der Waals surface area (Å²) in [7, 11) is 0. The zero-order valence-corrected chi connectivity index (χ0v) is 13.8. The highest BCUT2D eigenvalue weighted by Crippen LogP contribution is 2.25. The lowest BCUT2D eigenvalue weighted by Crippen LogP contribution is -2.36. The second-order valence-corrected chi connectivity index (χ2v) is 6.30. The van der Waals surface area contributed by atoms with E-state index in [4.69, 9.17) is 4.42 Å². The Kier molecular flexibility index (Phi) is 4.82. The van der Waals surface area contributed by atoms with E-state index < -0.39 is 0 Å². The van der Waals surface area contributed by atoms with Gasteiger partial charge in [0.25, 0.3) is 5.91 Å². The Labute approximate surface area is 137 Å². The lowest BCUT2D eigenvalue weighted by Gasteiger charge is -2.26. The molecule has 0 radical (unpaired) electrons. The van der Waals surface area contributed by atoms with E-state index in [1.165, 1.54) is 12.8 Å². The molecule has 1 saturated heterocycles. The molecular weight excluding hydrogens is 288 g/mol. The van der Waals surface area contributed by atoms with Crippen molar-refractivity contribution in [1.29, 1.82) is 0 Å². The predicted octanol–water partition coefficient (Wildman–Crippen LogP) is 3.46. The van der Waals surface area contributed by atoms with E-state index in [2.05, 4.69) is 10.2 Å². The maximum atomic E-state index is 12.5. The van der Waals surface area contributed by atoms with Crippen LogP contribution in [0.3, 0.4) is 0 Å². The number of likely N-dealkylation sites (tertiary alicyclic amines) is 1. The SMILES string of the molecule is Cc1ccc(C)c(C(=O)NC[C@H](c2ccco2)N2CCCC2)c1. The second kappa shape index (κ2) is 7.01. The number of rotatable bonds is 5. The van der Waals surface area contributed by atoms with Crippen molar-refractivity contribution in [3.8, 4) is 0 Å². The summed E-state index contributed by atoms with van der Waals surface area (Å²) in [5, 5.41) is 3.09. The van der Waals surface area contributed by atoms with Gasteiger partial charge < -0.3 is 9.73 Å². The fraction of sp³-hybridized carbons (Fsp3) is 0.421. The van der Waals surface area contributed by atoms with Crippen molar-refractivity contribution >= 4 is 5.91 Å². The first kappa shape index (κ1) is 15.8. The molecule has 0 saturated carbocycles. The van der Waals surface area contributed by atoms with Gasteiger partial charge in [-0.2, -0.15) is 0 Å². The fourth-order valence-corrected chi connectivity index (χ4v) is 3.21. The van der Waals surface area contributed by atoms with Crippen molar-refractivity contribution < 1.29 is 9.21 Å². The van der Waals surface area contributed by atoms with Crippen LogP contribution in [-0.4, -0.2) is 30.4 Å². The average Bonchev–Trinajstić information content (AvgIpc) is 3.23. The highest BCUT2D eigenvalue weighted by atomic mass is 16.3. The number of hydrogen-bond acceptors (Lipinski definition) is 3. The van der Waals surface area contributed by atoms with Gasteiger partial charge in [0.2, 0.25) is 0 Å². The Morgan fingerprint density at radius 3 is 2.74 bits per heavy atom. The molecule has 0 spiro atoms. The van der Waals surface area contributed by atoms with Crippen molar-refractivity contribution in [2.75, 3.05) is 19.6 Å². The molecular formula is C19H24N2O2. The van der Waals surface area contributed by atoms with Crippen LogP contribution in [0.2, 0.25) is 0 Å². The number of benzene rings is 1. The maximum Gasteiger partial charge on any atom is 0.251 e. The molecule has 122 valence electrons. The summed E-state index contributed by atoms with van der Waals surface area (Å²) in [6.45, 7) is 6.67. The van der Waals surface area contributed by atoms with Crippen LogP contribution in [0, 0.1) is 13.8 Å². The highest BCUT2D eigenvalue weighted by Gasteiger charge is 2.26. The van der Waals surface area contributed by atoms with Crippen molar-refractivity contribution in [2.24, 2.45) is 0 Å². The summed E-state index contributed by atoms with van der Waals surface area (Å²) in [4.78, 5) is 14.9. The standard InChI is InChI=1S/C19H24N2O2/c1-14-7-8-15(2)16(12-14)19(22)20-13-17(18-6-5-11-23-18)21-9-3-4-10-21/h5-8,11-12,17H,3-4,9-10,13H2,1-2H3,(H,20,22)/t17-/m1/s1. The first-order chi connectivity index (χ1) is 11.1. The van der Waals surface area contributed by atoms with Crippen LogP contribution in [0.5, 0.6) is 0 Å². The first-order valence-corrected chi connectivity index (χ1v) is 8.28. The topological polar surface area (TPSA) is 45.5 Å². The molecule has 4 heteroatoms. The third-order valence-corrected chi connectivity index (χ3v) is 4.55. The van der Waals surface area contributed by atoms with E-state index in [0.29, 0.717) is 6.54 Å². The van der Waals surface area contributed by atoms with Crippen molar-refractivity contribution in [2.45, 2.75) is 32.7 Å². The highest BCUT2D eigenvalue weighted by molar-refractivity contribution is 5.95. The molecule has 2 aromatic rings. The van der Waals surface area contributed by atoms with Crippen molar-refractivity contribution in [3.05, 3.63) is 59.0 Å². The number of carbonyl (C=O) groups is 1. The summed E-state index contributed by atoms with van der Waals surface area (Å²) in [5.74, 6) is 0.912. The van der Waals surface area contributed by atoms with Gasteiger partial charge in [0.05, 0.1) is 12.3 Å². The van der Waals surface area contributed by atoms with Gasteiger partial charge in [-0.3, -0.25) is 9.69 Å². The Bertz CT molecular complexity index is 658. The van der Waals surface area contributed by atoms with Gasteiger partial charge in [-0.1, -0.05) is 17.7 Å². The van der Waals surface area contributed by atoms with E-state index in [1.807, 2.05) is 44.2 Å². The van der Waals surface area contributed by atoms with E-state index in [0.717, 1.165) is 35.5 Å². The average molecular weight is 312 g/mol. The second-order valence-electron chi connectivity index (χ2n) is 6.30. The normalized spacial score (nSPS) is 16.4. The minimum absolute atomic E-state index is 0.0121.